The van der Waals surface area contributed by atoms with Crippen molar-refractivity contribution in [3.63, 3.8) is 0 Å². The third-order valence-corrected chi connectivity index (χ3v) is 4.34. The first-order valence-electron chi connectivity index (χ1n) is 8.86. The van der Waals surface area contributed by atoms with Gasteiger partial charge in [0.05, 0.1) is 13.1 Å². The van der Waals surface area contributed by atoms with Gasteiger partial charge in [0.15, 0.2) is 0 Å². The van der Waals surface area contributed by atoms with Crippen molar-refractivity contribution in [2.75, 3.05) is 57.3 Å². The monoisotopic (exact) mass is 455 g/mol. The molecular weight excluding hydrogens is 425 g/mol. The Morgan fingerprint density at radius 3 is 2.32 bits per heavy atom. The molecule has 0 radical (unpaired) electrons. The number of carbonyl (C=O) groups is 2. The van der Waals surface area contributed by atoms with E-state index in [-0.39, 0.29) is 62.1 Å². The van der Waals surface area contributed by atoms with Crippen LogP contribution in [-0.4, -0.2) is 69.1 Å². The van der Waals surface area contributed by atoms with Gasteiger partial charge in [-0.3, -0.25) is 14.5 Å². The third-order valence-electron chi connectivity index (χ3n) is 4.34. The van der Waals surface area contributed by atoms with E-state index in [1.54, 1.807) is 0 Å². The summed E-state index contributed by atoms with van der Waals surface area (Å²) >= 11 is 0. The van der Waals surface area contributed by atoms with Gasteiger partial charge in [0.25, 0.3) is 0 Å². The highest BCUT2D eigenvalue weighted by molar-refractivity contribution is 5.86. The molecule has 1 heterocycles. The van der Waals surface area contributed by atoms with E-state index < -0.39 is 0 Å². The topological polar surface area (TPSA) is 90.7 Å². The van der Waals surface area contributed by atoms with Gasteiger partial charge in [0.1, 0.15) is 0 Å². The van der Waals surface area contributed by atoms with Gasteiger partial charge in [-0.2, -0.15) is 0 Å². The Bertz CT molecular complexity index is 584. The minimum atomic E-state index is -0.318. The van der Waals surface area contributed by atoms with Crippen molar-refractivity contribution in [1.82, 2.24) is 15.5 Å². The van der Waals surface area contributed by atoms with Crippen molar-refractivity contribution < 1.29 is 9.59 Å². The summed E-state index contributed by atoms with van der Waals surface area (Å²) in [4.78, 5) is 27.4. The number of benzene rings is 1. The molecule has 1 aliphatic heterocycles. The average molecular weight is 457 g/mol. The lowest BCUT2D eigenvalue weighted by Gasteiger charge is -2.36. The molecule has 1 aromatic carbocycles. The predicted molar refractivity (Wildman–Crippen MR) is 121 cm³/mol. The molecule has 1 saturated heterocycles. The van der Waals surface area contributed by atoms with Gasteiger partial charge in [-0.05, 0) is 37.6 Å². The number of rotatable bonds is 8. The highest BCUT2D eigenvalue weighted by atomic mass is 35.5. The van der Waals surface area contributed by atoms with E-state index in [4.69, 9.17) is 5.73 Å². The number of halogens is 3. The van der Waals surface area contributed by atoms with Gasteiger partial charge in [-0.15, -0.1) is 37.2 Å². The Hall–Kier alpha value is -1.25. The summed E-state index contributed by atoms with van der Waals surface area (Å²) in [5, 5.41) is 5.27. The molecule has 0 saturated carbocycles. The normalized spacial score (nSPS) is 13.4. The molecular formula is C18H32Cl3N5O2. The van der Waals surface area contributed by atoms with E-state index in [9.17, 15) is 9.59 Å². The molecule has 0 bridgehead atoms. The van der Waals surface area contributed by atoms with Gasteiger partial charge in [0, 0.05) is 38.4 Å². The smallest absolute Gasteiger partial charge is 0.239 e. The average Bonchev–Trinajstić information content (AvgIpc) is 2.63. The molecule has 0 atom stereocenters. The van der Waals surface area contributed by atoms with Crippen LogP contribution >= 0.6 is 37.2 Å². The first-order valence-corrected chi connectivity index (χ1v) is 8.86. The first-order chi connectivity index (χ1) is 12.1. The molecule has 4 N–H and O–H groups in total. The number of hydrogen-bond acceptors (Lipinski definition) is 5. The Kier molecular flexibility index (Phi) is 16.2. The fourth-order valence-electron chi connectivity index (χ4n) is 2.90. The van der Waals surface area contributed by atoms with Gasteiger partial charge in [-0.25, -0.2) is 0 Å². The molecule has 162 valence electrons. The van der Waals surface area contributed by atoms with Crippen LogP contribution in [0.5, 0.6) is 0 Å². The summed E-state index contributed by atoms with van der Waals surface area (Å²) in [6.07, 6.45) is 0.904. The number of nitrogens with two attached hydrogens (primary N) is 1. The molecule has 0 spiro atoms. The summed E-state index contributed by atoms with van der Waals surface area (Å²) in [6.45, 7) is 7.74. The van der Waals surface area contributed by atoms with Crippen LogP contribution in [0, 0.1) is 6.92 Å². The summed E-state index contributed by atoms with van der Waals surface area (Å²) in [7, 11) is 0. The van der Waals surface area contributed by atoms with E-state index in [1.807, 2.05) is 0 Å². The van der Waals surface area contributed by atoms with Crippen molar-refractivity contribution in [3.8, 4) is 0 Å². The number of hydrogen-bond donors (Lipinski definition) is 3. The molecule has 0 unspecified atom stereocenters. The summed E-state index contributed by atoms with van der Waals surface area (Å²) in [5.41, 5.74) is 7.75. The first kappa shape index (κ1) is 29.0. The fraction of sp³-hybridized carbons (Fsp3) is 0.556. The highest BCUT2D eigenvalue weighted by Crippen LogP contribution is 2.17. The van der Waals surface area contributed by atoms with Crippen LogP contribution in [-0.2, 0) is 9.59 Å². The van der Waals surface area contributed by atoms with Crippen LogP contribution in [0.15, 0.2) is 24.3 Å². The maximum Gasteiger partial charge on any atom is 0.239 e. The zero-order valence-corrected chi connectivity index (χ0v) is 18.6. The minimum absolute atomic E-state index is 0. The summed E-state index contributed by atoms with van der Waals surface area (Å²) < 4.78 is 0. The third kappa shape index (κ3) is 10.3. The number of nitrogens with one attached hydrogen (secondary N) is 2. The zero-order valence-electron chi connectivity index (χ0n) is 16.2. The lowest BCUT2D eigenvalue weighted by molar-refractivity contribution is -0.125. The van der Waals surface area contributed by atoms with E-state index in [1.165, 1.54) is 11.3 Å². The molecule has 0 aliphatic carbocycles. The molecule has 7 nitrogen and oxygen atoms in total. The Labute approximate surface area is 186 Å². The number of carbonyl (C=O) groups excluding carboxylic acids is 2. The second kappa shape index (κ2) is 15.6. The van der Waals surface area contributed by atoms with Crippen molar-refractivity contribution in [1.29, 1.82) is 0 Å². The highest BCUT2D eigenvalue weighted by Gasteiger charge is 2.16. The molecule has 1 fully saturated rings. The van der Waals surface area contributed by atoms with Crippen LogP contribution in [0.1, 0.15) is 12.0 Å². The number of anilines is 1. The van der Waals surface area contributed by atoms with E-state index >= 15 is 0 Å². The Morgan fingerprint density at radius 1 is 1.04 bits per heavy atom. The number of aryl methyl sites for hydroxylation is 1. The van der Waals surface area contributed by atoms with Crippen molar-refractivity contribution in [3.05, 3.63) is 29.8 Å². The van der Waals surface area contributed by atoms with Crippen molar-refractivity contribution in [2.45, 2.75) is 13.3 Å². The molecule has 2 rings (SSSR count). The number of piperazine rings is 1. The van der Waals surface area contributed by atoms with Crippen LogP contribution in [0.4, 0.5) is 5.69 Å². The maximum atomic E-state index is 11.6. The molecule has 10 heteroatoms. The maximum absolute atomic E-state index is 11.6. The van der Waals surface area contributed by atoms with Crippen LogP contribution in [0.2, 0.25) is 0 Å². The van der Waals surface area contributed by atoms with Gasteiger partial charge < -0.3 is 21.3 Å². The van der Waals surface area contributed by atoms with Crippen LogP contribution < -0.4 is 21.3 Å². The van der Waals surface area contributed by atoms with E-state index in [0.717, 1.165) is 39.1 Å². The largest absolute Gasteiger partial charge is 0.369 e. The van der Waals surface area contributed by atoms with E-state index in [2.05, 4.69) is 51.6 Å². The molecule has 0 aromatic heterocycles. The van der Waals surface area contributed by atoms with Crippen molar-refractivity contribution >= 4 is 54.7 Å². The quantitative estimate of drug-likeness (QED) is 0.507. The van der Waals surface area contributed by atoms with Gasteiger partial charge >= 0.3 is 0 Å². The minimum Gasteiger partial charge on any atom is -0.369 e. The molecule has 28 heavy (non-hydrogen) atoms. The second-order valence-electron chi connectivity index (χ2n) is 6.35. The fourth-order valence-corrected chi connectivity index (χ4v) is 2.90. The van der Waals surface area contributed by atoms with Gasteiger partial charge in [0.2, 0.25) is 11.8 Å². The molecule has 1 aromatic rings. The van der Waals surface area contributed by atoms with Crippen LogP contribution in [0.25, 0.3) is 0 Å². The number of amides is 2. The van der Waals surface area contributed by atoms with Gasteiger partial charge in [-0.1, -0.05) is 12.1 Å². The second-order valence-corrected chi connectivity index (χ2v) is 6.35. The SMILES string of the molecule is Cc1cccc(N2CCN(CCCNC(=O)CNC(=O)CN)CC2)c1.Cl.Cl.Cl. The molecule has 2 amide bonds. The zero-order chi connectivity index (χ0) is 18.1. The Morgan fingerprint density at radius 2 is 1.71 bits per heavy atom. The van der Waals surface area contributed by atoms with E-state index in [0.29, 0.717) is 6.54 Å². The lowest BCUT2D eigenvalue weighted by atomic mass is 10.2. The number of nitrogens with zero attached hydrogens (tertiary/aromatic N) is 2. The van der Waals surface area contributed by atoms with Crippen LogP contribution in [0.3, 0.4) is 0 Å². The Balaban J connectivity index is 0. The standard InChI is InChI=1S/C18H29N5O2.3ClH/c1-15-4-2-5-16(12-15)23-10-8-22(9-11-23)7-3-6-20-18(25)14-21-17(24)13-19;;;/h2,4-5,12H,3,6-11,13-14,19H2,1H3,(H,20,25)(H,21,24);3*1H. The lowest BCUT2D eigenvalue weighted by Crippen LogP contribution is -2.47. The summed E-state index contributed by atoms with van der Waals surface area (Å²) in [6, 6.07) is 8.63. The van der Waals surface area contributed by atoms with Crippen molar-refractivity contribution in [2.24, 2.45) is 5.73 Å². The summed E-state index contributed by atoms with van der Waals surface area (Å²) in [5.74, 6) is -0.493. The molecule has 1 aliphatic rings. The predicted octanol–water partition coefficient (Wildman–Crippen LogP) is 0.964.